The summed E-state index contributed by atoms with van der Waals surface area (Å²) in [6.45, 7) is 1.64. The molecule has 0 unspecified atom stereocenters. The first-order valence-electron chi connectivity index (χ1n) is 7.88. The van der Waals surface area contributed by atoms with E-state index in [0.29, 0.717) is 11.5 Å². The number of carbonyl (C=O) groups excluding carboxylic acids is 1. The summed E-state index contributed by atoms with van der Waals surface area (Å²) in [6.07, 6.45) is 4.54. The van der Waals surface area contributed by atoms with Crippen molar-refractivity contribution in [3.05, 3.63) is 46.6 Å². The molecular formula is C17H19BrN4O. The summed E-state index contributed by atoms with van der Waals surface area (Å²) < 4.78 is 0.989. The van der Waals surface area contributed by atoms with Gasteiger partial charge in [-0.25, -0.2) is 0 Å². The summed E-state index contributed by atoms with van der Waals surface area (Å²) in [5.74, 6) is 0.601. The Kier molecular flexibility index (Phi) is 5.23. The van der Waals surface area contributed by atoms with Crippen LogP contribution in [0.1, 0.15) is 36.2 Å². The predicted octanol–water partition coefficient (Wildman–Crippen LogP) is 4.00. The Hall–Kier alpha value is -1.95. The van der Waals surface area contributed by atoms with Crippen molar-refractivity contribution < 1.29 is 4.79 Å². The highest BCUT2D eigenvalue weighted by Gasteiger charge is 2.18. The molecular weight excluding hydrogens is 356 g/mol. The number of halogens is 1. The molecule has 1 amide bonds. The van der Waals surface area contributed by atoms with Crippen LogP contribution in [0.15, 0.2) is 40.9 Å². The highest BCUT2D eigenvalue weighted by atomic mass is 79.9. The molecule has 0 spiro atoms. The van der Waals surface area contributed by atoms with Gasteiger partial charge in [0.2, 0.25) is 0 Å². The molecule has 23 heavy (non-hydrogen) atoms. The Morgan fingerprint density at radius 2 is 1.83 bits per heavy atom. The van der Waals surface area contributed by atoms with Gasteiger partial charge in [0, 0.05) is 23.2 Å². The molecule has 1 aliphatic rings. The van der Waals surface area contributed by atoms with Crippen LogP contribution in [0.3, 0.4) is 0 Å². The number of nitrogens with one attached hydrogen (secondary N) is 1. The number of rotatable bonds is 3. The summed E-state index contributed by atoms with van der Waals surface area (Å²) >= 11 is 3.43. The summed E-state index contributed by atoms with van der Waals surface area (Å²) in [5.41, 5.74) is 1.33. The normalized spacial score (nSPS) is 15.1. The molecule has 3 rings (SSSR count). The van der Waals surface area contributed by atoms with Crippen LogP contribution in [-0.4, -0.2) is 34.1 Å². The number of hydrogen-bond donors (Lipinski definition) is 1. The van der Waals surface area contributed by atoms with E-state index in [1.165, 1.54) is 12.8 Å². The molecule has 1 N–H and O–H groups in total. The Bertz CT molecular complexity index is 667. The minimum Gasteiger partial charge on any atom is -0.339 e. The van der Waals surface area contributed by atoms with E-state index < -0.39 is 0 Å². The molecule has 0 saturated carbocycles. The van der Waals surface area contributed by atoms with Gasteiger partial charge in [-0.15, -0.1) is 10.2 Å². The standard InChI is InChI=1S/C17H19BrN4O/c18-13-6-5-7-14(12-13)19-16-9-8-15(20-21-16)17(23)22-10-3-1-2-4-11-22/h5-9,12H,1-4,10-11H2,(H,19,21). The summed E-state index contributed by atoms with van der Waals surface area (Å²) in [4.78, 5) is 14.4. The van der Waals surface area contributed by atoms with Gasteiger partial charge in [-0.1, -0.05) is 34.8 Å². The van der Waals surface area contributed by atoms with Crippen molar-refractivity contribution in [2.75, 3.05) is 18.4 Å². The molecule has 120 valence electrons. The van der Waals surface area contributed by atoms with Crippen LogP contribution in [0.25, 0.3) is 0 Å². The van der Waals surface area contributed by atoms with Gasteiger partial charge >= 0.3 is 0 Å². The lowest BCUT2D eigenvalue weighted by Gasteiger charge is -2.19. The van der Waals surface area contributed by atoms with Gasteiger partial charge in [0.05, 0.1) is 0 Å². The molecule has 0 atom stereocenters. The van der Waals surface area contributed by atoms with Crippen molar-refractivity contribution in [2.24, 2.45) is 0 Å². The number of nitrogens with zero attached hydrogens (tertiary/aromatic N) is 3. The van der Waals surface area contributed by atoms with Gasteiger partial charge in [0.25, 0.3) is 5.91 Å². The lowest BCUT2D eigenvalue weighted by atomic mass is 10.2. The minimum atomic E-state index is -0.0200. The average Bonchev–Trinajstić information content (AvgIpc) is 2.84. The maximum Gasteiger partial charge on any atom is 0.274 e. The Morgan fingerprint density at radius 3 is 2.48 bits per heavy atom. The zero-order valence-corrected chi connectivity index (χ0v) is 14.4. The molecule has 0 bridgehead atoms. The average molecular weight is 375 g/mol. The van der Waals surface area contributed by atoms with Gasteiger partial charge in [-0.2, -0.15) is 0 Å². The molecule has 1 aliphatic heterocycles. The Balaban J connectivity index is 1.67. The molecule has 0 aliphatic carbocycles. The highest BCUT2D eigenvalue weighted by molar-refractivity contribution is 9.10. The van der Waals surface area contributed by atoms with E-state index in [9.17, 15) is 4.79 Å². The van der Waals surface area contributed by atoms with E-state index in [-0.39, 0.29) is 5.91 Å². The van der Waals surface area contributed by atoms with Crippen LogP contribution in [0.5, 0.6) is 0 Å². The Morgan fingerprint density at radius 1 is 1.04 bits per heavy atom. The van der Waals surface area contributed by atoms with Crippen LogP contribution in [-0.2, 0) is 0 Å². The third-order valence-electron chi connectivity index (χ3n) is 3.87. The van der Waals surface area contributed by atoms with Gasteiger partial charge < -0.3 is 10.2 Å². The van der Waals surface area contributed by atoms with Gasteiger partial charge in [-0.3, -0.25) is 4.79 Å². The molecule has 2 heterocycles. The van der Waals surface area contributed by atoms with Crippen molar-refractivity contribution in [3.63, 3.8) is 0 Å². The predicted molar refractivity (Wildman–Crippen MR) is 93.8 cm³/mol. The monoisotopic (exact) mass is 374 g/mol. The van der Waals surface area contributed by atoms with Crippen LogP contribution < -0.4 is 5.32 Å². The van der Waals surface area contributed by atoms with Crippen LogP contribution in [0, 0.1) is 0 Å². The van der Waals surface area contributed by atoms with Crippen molar-refractivity contribution in [1.82, 2.24) is 15.1 Å². The number of carbonyl (C=O) groups is 1. The maximum absolute atomic E-state index is 12.5. The number of anilines is 2. The zero-order chi connectivity index (χ0) is 16.1. The molecule has 1 aromatic heterocycles. The second kappa shape index (κ2) is 7.55. The second-order valence-corrected chi connectivity index (χ2v) is 6.56. The SMILES string of the molecule is O=C(c1ccc(Nc2cccc(Br)c2)nn1)N1CCCCCC1. The Labute approximate surface area is 144 Å². The fraction of sp³-hybridized carbons (Fsp3) is 0.353. The molecule has 1 aromatic carbocycles. The van der Waals surface area contributed by atoms with Crippen LogP contribution >= 0.6 is 15.9 Å². The molecule has 5 nitrogen and oxygen atoms in total. The number of amides is 1. The van der Waals surface area contributed by atoms with Gasteiger partial charge in [0.15, 0.2) is 11.5 Å². The van der Waals surface area contributed by atoms with E-state index in [0.717, 1.165) is 36.1 Å². The third kappa shape index (κ3) is 4.28. The first-order valence-corrected chi connectivity index (χ1v) is 8.67. The largest absolute Gasteiger partial charge is 0.339 e. The fourth-order valence-corrected chi connectivity index (χ4v) is 3.06. The molecule has 1 fully saturated rings. The van der Waals surface area contributed by atoms with Crippen LogP contribution in [0.4, 0.5) is 11.5 Å². The molecule has 1 saturated heterocycles. The third-order valence-corrected chi connectivity index (χ3v) is 4.37. The molecule has 6 heteroatoms. The zero-order valence-electron chi connectivity index (χ0n) is 12.8. The smallest absolute Gasteiger partial charge is 0.274 e. The van der Waals surface area contributed by atoms with E-state index >= 15 is 0 Å². The quantitative estimate of drug-likeness (QED) is 0.881. The highest BCUT2D eigenvalue weighted by Crippen LogP contribution is 2.19. The lowest BCUT2D eigenvalue weighted by molar-refractivity contribution is 0.0754. The lowest BCUT2D eigenvalue weighted by Crippen LogP contribution is -2.32. The number of benzene rings is 1. The minimum absolute atomic E-state index is 0.0200. The number of hydrogen-bond acceptors (Lipinski definition) is 4. The van der Waals surface area contributed by atoms with Crippen molar-refractivity contribution in [2.45, 2.75) is 25.7 Å². The van der Waals surface area contributed by atoms with Gasteiger partial charge in [0.1, 0.15) is 0 Å². The molecule has 2 aromatic rings. The first kappa shape index (κ1) is 15.9. The van der Waals surface area contributed by atoms with Crippen molar-refractivity contribution in [1.29, 1.82) is 0 Å². The topological polar surface area (TPSA) is 58.1 Å². The van der Waals surface area contributed by atoms with E-state index in [1.807, 2.05) is 29.2 Å². The van der Waals surface area contributed by atoms with Crippen LogP contribution in [0.2, 0.25) is 0 Å². The summed E-state index contributed by atoms with van der Waals surface area (Å²) in [6, 6.07) is 11.3. The van der Waals surface area contributed by atoms with E-state index in [4.69, 9.17) is 0 Å². The first-order chi connectivity index (χ1) is 11.2. The fourth-order valence-electron chi connectivity index (χ4n) is 2.66. The second-order valence-electron chi connectivity index (χ2n) is 5.65. The number of likely N-dealkylation sites (tertiary alicyclic amines) is 1. The number of aromatic nitrogens is 2. The van der Waals surface area contributed by atoms with E-state index in [1.54, 1.807) is 12.1 Å². The van der Waals surface area contributed by atoms with E-state index in [2.05, 4.69) is 31.4 Å². The maximum atomic E-state index is 12.5. The van der Waals surface area contributed by atoms with Crippen molar-refractivity contribution in [3.8, 4) is 0 Å². The summed E-state index contributed by atoms with van der Waals surface area (Å²) in [7, 11) is 0. The van der Waals surface area contributed by atoms with Gasteiger partial charge in [-0.05, 0) is 43.2 Å². The molecule has 0 radical (unpaired) electrons. The summed E-state index contributed by atoms with van der Waals surface area (Å²) in [5, 5.41) is 11.4. The van der Waals surface area contributed by atoms with Crippen molar-refractivity contribution >= 4 is 33.3 Å².